The number of benzene rings is 4. The number of methoxy groups -OCH3 is 1. The highest BCUT2D eigenvalue weighted by Crippen LogP contribution is 2.40. The number of anilines is 1. The highest BCUT2D eigenvalue weighted by molar-refractivity contribution is 5.93. The van der Waals surface area contributed by atoms with E-state index < -0.39 is 11.8 Å². The topological polar surface area (TPSA) is 154 Å². The van der Waals surface area contributed by atoms with E-state index in [1.807, 2.05) is 73.7 Å². The summed E-state index contributed by atoms with van der Waals surface area (Å²) in [6.45, 7) is 1.83. The van der Waals surface area contributed by atoms with E-state index in [1.54, 1.807) is 36.4 Å². The Kier molecular flexibility index (Phi) is 9.05. The van der Waals surface area contributed by atoms with Crippen LogP contribution in [0.4, 0.5) is 5.69 Å². The number of carbonyl (C=O) groups is 1. The van der Waals surface area contributed by atoms with Crippen LogP contribution in [0.5, 0.6) is 17.2 Å². The van der Waals surface area contributed by atoms with Crippen molar-refractivity contribution in [3.63, 3.8) is 0 Å². The molecule has 0 fully saturated rings. The third-order valence-corrected chi connectivity index (χ3v) is 7.67. The normalized spacial score (nSPS) is 11.0. The van der Waals surface area contributed by atoms with Gasteiger partial charge in [0, 0.05) is 5.92 Å². The zero-order chi connectivity index (χ0) is 32.8. The molecule has 0 spiro atoms. The van der Waals surface area contributed by atoms with Crippen LogP contribution in [0.1, 0.15) is 29.5 Å². The van der Waals surface area contributed by atoms with E-state index in [-0.39, 0.29) is 17.7 Å². The fourth-order valence-corrected chi connectivity index (χ4v) is 5.60. The second kappa shape index (κ2) is 13.8. The molecule has 0 aliphatic rings. The van der Waals surface area contributed by atoms with Crippen molar-refractivity contribution in [2.75, 3.05) is 25.6 Å². The Bertz CT molecular complexity index is 2000. The van der Waals surface area contributed by atoms with Gasteiger partial charge in [-0.25, -0.2) is 0 Å². The fourth-order valence-electron chi connectivity index (χ4n) is 5.60. The molecule has 0 radical (unpaired) electrons. The molecule has 4 aromatic carbocycles. The van der Waals surface area contributed by atoms with Gasteiger partial charge in [0.25, 0.3) is 17.0 Å². The van der Waals surface area contributed by atoms with Gasteiger partial charge in [-0.15, -0.1) is 0 Å². The van der Waals surface area contributed by atoms with Crippen LogP contribution in [0.15, 0.2) is 113 Å². The second-order valence-electron chi connectivity index (χ2n) is 10.6. The average molecular weight is 632 g/mol. The number of aromatic nitrogens is 4. The monoisotopic (exact) mass is 631 g/mol. The molecule has 0 bridgehead atoms. The van der Waals surface area contributed by atoms with Crippen molar-refractivity contribution in [2.45, 2.75) is 12.8 Å². The molecule has 47 heavy (non-hydrogen) atoms. The summed E-state index contributed by atoms with van der Waals surface area (Å²) in [6.07, 6.45) is 0. The first-order valence-electron chi connectivity index (χ1n) is 15.0. The summed E-state index contributed by atoms with van der Waals surface area (Å²) >= 11 is 0. The maximum absolute atomic E-state index is 13.6. The summed E-state index contributed by atoms with van der Waals surface area (Å²) in [5.41, 5.74) is 3.71. The number of hydrogen-bond acceptors (Lipinski definition) is 6. The first-order valence-corrected chi connectivity index (χ1v) is 15.0. The van der Waals surface area contributed by atoms with Gasteiger partial charge in [0.05, 0.1) is 41.9 Å². The highest BCUT2D eigenvalue weighted by atomic mass is 16.5. The van der Waals surface area contributed by atoms with Crippen LogP contribution in [-0.4, -0.2) is 46.6 Å². The number of nitrogens with one attached hydrogen (secondary N) is 5. The van der Waals surface area contributed by atoms with Crippen LogP contribution >= 0.6 is 0 Å². The van der Waals surface area contributed by atoms with Gasteiger partial charge in [-0.2, -0.15) is 0 Å². The molecule has 11 heteroatoms. The van der Waals surface area contributed by atoms with Gasteiger partial charge in [-0.05, 0) is 47.9 Å². The summed E-state index contributed by atoms with van der Waals surface area (Å²) < 4.78 is 17.2. The number of rotatable bonds is 12. The van der Waals surface area contributed by atoms with Crippen LogP contribution in [0.3, 0.4) is 0 Å². The van der Waals surface area contributed by atoms with E-state index in [0.29, 0.717) is 57.6 Å². The molecular formula is C36H33N5O6. The molecule has 2 heterocycles. The molecule has 11 nitrogen and oxygen atoms in total. The molecule has 0 aliphatic heterocycles. The van der Waals surface area contributed by atoms with Gasteiger partial charge >= 0.3 is 0 Å². The zero-order valence-corrected chi connectivity index (χ0v) is 25.8. The SMILES string of the molecule is CCOc1cc(C(c2c(-c3ccccc3)[nH][nH]c2=O)c2c(-c3ccccc3)[nH][nH]c2=O)ccc1OCC(=O)Nc1ccccc1OC. The van der Waals surface area contributed by atoms with E-state index in [0.717, 1.165) is 11.1 Å². The number of H-pyrrole nitrogens is 4. The van der Waals surface area contributed by atoms with E-state index in [9.17, 15) is 14.4 Å². The van der Waals surface area contributed by atoms with Crippen molar-refractivity contribution < 1.29 is 19.0 Å². The molecule has 6 aromatic rings. The predicted molar refractivity (Wildman–Crippen MR) is 179 cm³/mol. The molecule has 2 aromatic heterocycles. The molecule has 0 unspecified atom stereocenters. The number of aromatic amines is 4. The van der Waals surface area contributed by atoms with E-state index >= 15 is 0 Å². The number of ether oxygens (including phenoxy) is 3. The summed E-state index contributed by atoms with van der Waals surface area (Å²) in [4.78, 5) is 40.0. The van der Waals surface area contributed by atoms with E-state index in [4.69, 9.17) is 14.2 Å². The minimum atomic E-state index is -0.840. The van der Waals surface area contributed by atoms with Crippen LogP contribution in [0.2, 0.25) is 0 Å². The molecule has 0 atom stereocenters. The van der Waals surface area contributed by atoms with Crippen LogP contribution in [-0.2, 0) is 4.79 Å². The first kappa shape index (κ1) is 30.8. The first-order chi connectivity index (χ1) is 23.0. The predicted octanol–water partition coefficient (Wildman–Crippen LogP) is 5.66. The third-order valence-electron chi connectivity index (χ3n) is 7.67. The second-order valence-corrected chi connectivity index (χ2v) is 10.6. The lowest BCUT2D eigenvalue weighted by atomic mass is 9.83. The van der Waals surface area contributed by atoms with Gasteiger partial charge in [-0.1, -0.05) is 78.9 Å². The maximum Gasteiger partial charge on any atom is 0.268 e. The van der Waals surface area contributed by atoms with Crippen LogP contribution in [0, 0.1) is 0 Å². The Morgan fingerprint density at radius 3 is 1.83 bits per heavy atom. The number of hydrogen-bond donors (Lipinski definition) is 5. The van der Waals surface area contributed by atoms with Crippen LogP contribution < -0.4 is 30.6 Å². The lowest BCUT2D eigenvalue weighted by molar-refractivity contribution is -0.118. The number of para-hydroxylation sites is 2. The molecule has 238 valence electrons. The van der Waals surface area contributed by atoms with Gasteiger partial charge in [0.2, 0.25) is 0 Å². The Labute approximate surface area is 269 Å². The summed E-state index contributed by atoms with van der Waals surface area (Å²) in [5, 5.41) is 14.3. The van der Waals surface area contributed by atoms with E-state index in [1.165, 1.54) is 7.11 Å². The molecule has 0 saturated heterocycles. The number of amides is 1. The quantitative estimate of drug-likeness (QED) is 0.118. The van der Waals surface area contributed by atoms with Crippen molar-refractivity contribution in [3.05, 3.63) is 141 Å². The fraction of sp³-hybridized carbons (Fsp3) is 0.139. The maximum atomic E-state index is 13.6. The summed E-state index contributed by atoms with van der Waals surface area (Å²) in [5.74, 6) is -0.0387. The standard InChI is InChI=1S/C36H33N5O6/c1-3-46-28-20-24(18-19-27(28)47-21-29(42)37-25-16-10-11-17-26(25)45-2)30(31-33(38-40-35(31)43)22-12-6-4-7-13-22)32-34(39-41-36(32)44)23-14-8-5-9-15-23/h4-20,30H,3,21H2,1-2H3,(H,37,42)(H2,38,40,43)(H2,39,41,44). The molecule has 0 saturated carbocycles. The van der Waals surface area contributed by atoms with Crippen molar-refractivity contribution >= 4 is 11.6 Å². The average Bonchev–Trinajstić information content (AvgIpc) is 3.68. The molecule has 1 amide bonds. The number of carbonyl (C=O) groups excluding carboxylic acids is 1. The van der Waals surface area contributed by atoms with Gasteiger partial charge < -0.3 is 19.5 Å². The minimum Gasteiger partial charge on any atom is -0.495 e. The lowest BCUT2D eigenvalue weighted by Crippen LogP contribution is -2.21. The Morgan fingerprint density at radius 2 is 1.26 bits per heavy atom. The minimum absolute atomic E-state index is 0.299. The zero-order valence-electron chi connectivity index (χ0n) is 25.8. The van der Waals surface area contributed by atoms with E-state index in [2.05, 4.69) is 25.7 Å². The Morgan fingerprint density at radius 1 is 0.681 bits per heavy atom. The lowest BCUT2D eigenvalue weighted by Gasteiger charge is -2.20. The van der Waals surface area contributed by atoms with Gasteiger partial charge in [-0.3, -0.25) is 34.8 Å². The van der Waals surface area contributed by atoms with Gasteiger partial charge in [0.15, 0.2) is 18.1 Å². The molecule has 0 aliphatic carbocycles. The third kappa shape index (κ3) is 6.45. The molecule has 6 rings (SSSR count). The molecule has 5 N–H and O–H groups in total. The summed E-state index contributed by atoms with van der Waals surface area (Å²) in [6, 6.07) is 31.1. The largest absolute Gasteiger partial charge is 0.495 e. The smallest absolute Gasteiger partial charge is 0.268 e. The highest BCUT2D eigenvalue weighted by Gasteiger charge is 2.32. The Balaban J connectivity index is 1.43. The van der Waals surface area contributed by atoms with Crippen molar-refractivity contribution in [1.29, 1.82) is 0 Å². The van der Waals surface area contributed by atoms with Crippen molar-refractivity contribution in [1.82, 2.24) is 20.4 Å². The van der Waals surface area contributed by atoms with Gasteiger partial charge in [0.1, 0.15) is 5.75 Å². The van der Waals surface area contributed by atoms with Crippen LogP contribution in [0.25, 0.3) is 22.5 Å². The van der Waals surface area contributed by atoms with Crippen molar-refractivity contribution in [2.24, 2.45) is 0 Å². The Hall–Kier alpha value is -6.23. The molecular weight excluding hydrogens is 598 g/mol. The summed E-state index contributed by atoms with van der Waals surface area (Å²) in [7, 11) is 1.53. The van der Waals surface area contributed by atoms with Crippen molar-refractivity contribution in [3.8, 4) is 39.8 Å².